The normalized spacial score (nSPS) is 14.9. The van der Waals surface area contributed by atoms with E-state index in [-0.39, 0.29) is 5.91 Å². The van der Waals surface area contributed by atoms with Gasteiger partial charge in [0.2, 0.25) is 0 Å². The molecule has 0 spiro atoms. The highest BCUT2D eigenvalue weighted by atomic mass is 35.5. The van der Waals surface area contributed by atoms with Crippen molar-refractivity contribution in [1.82, 2.24) is 0 Å². The number of rotatable bonds is 5. The summed E-state index contributed by atoms with van der Waals surface area (Å²) in [6.45, 7) is 2.53. The van der Waals surface area contributed by atoms with Crippen molar-refractivity contribution in [3.63, 3.8) is 0 Å². The van der Waals surface area contributed by atoms with Gasteiger partial charge in [-0.25, -0.2) is 4.99 Å². The molecule has 1 aliphatic rings. The molecule has 0 saturated carbocycles. The number of amidine groups is 1. The van der Waals surface area contributed by atoms with Crippen LogP contribution >= 0.6 is 34.5 Å². The van der Waals surface area contributed by atoms with Crippen LogP contribution in [0, 0.1) is 0 Å². The largest absolute Gasteiger partial charge is 0.494 e. The Morgan fingerprint density at radius 2 is 1.73 bits per heavy atom. The Kier molecular flexibility index (Phi) is 5.94. The van der Waals surface area contributed by atoms with Crippen LogP contribution in [0.1, 0.15) is 17.4 Å². The van der Waals surface area contributed by atoms with Gasteiger partial charge in [-0.1, -0.05) is 53.5 Å². The lowest BCUT2D eigenvalue weighted by atomic mass is 10.2. The van der Waals surface area contributed by atoms with Crippen molar-refractivity contribution >= 4 is 68.1 Å². The quantitative estimate of drug-likeness (QED) is 0.271. The Hall–Kier alpha value is -3.12. The average Bonchev–Trinajstić information content (AvgIpc) is 3.33. The molecule has 0 N–H and O–H groups in total. The third kappa shape index (κ3) is 4.15. The SMILES string of the molecule is CCOc1ccc(/C=C2/N=C(c3sc4ccccc4c3Cl)N(c3ccc(Cl)cc3)C2=O)cc1. The summed E-state index contributed by atoms with van der Waals surface area (Å²) in [4.78, 5) is 20.6. The van der Waals surface area contributed by atoms with E-state index < -0.39 is 0 Å². The molecule has 3 aromatic carbocycles. The Labute approximate surface area is 205 Å². The van der Waals surface area contributed by atoms with E-state index in [1.165, 1.54) is 11.3 Å². The van der Waals surface area contributed by atoms with E-state index in [1.54, 1.807) is 35.2 Å². The van der Waals surface area contributed by atoms with Gasteiger partial charge in [-0.05, 0) is 61.0 Å². The third-order valence-corrected chi connectivity index (χ3v) is 7.10. The number of benzene rings is 3. The molecule has 0 aliphatic carbocycles. The Morgan fingerprint density at radius 3 is 2.42 bits per heavy atom. The number of aliphatic imine (C=N–C) groups is 1. The molecule has 4 nitrogen and oxygen atoms in total. The molecule has 0 fully saturated rings. The minimum absolute atomic E-state index is 0.227. The number of fused-ring (bicyclic) bond motifs is 1. The number of carbonyl (C=O) groups is 1. The zero-order valence-corrected chi connectivity index (χ0v) is 19.9. The van der Waals surface area contributed by atoms with E-state index in [0.717, 1.165) is 26.3 Å². The predicted molar refractivity (Wildman–Crippen MR) is 138 cm³/mol. The van der Waals surface area contributed by atoms with Crippen molar-refractivity contribution in [3.05, 3.63) is 99.0 Å². The fourth-order valence-corrected chi connectivity index (χ4v) is 5.26. The topological polar surface area (TPSA) is 41.9 Å². The van der Waals surface area contributed by atoms with Gasteiger partial charge in [0, 0.05) is 15.1 Å². The molecule has 0 unspecified atom stereocenters. The van der Waals surface area contributed by atoms with E-state index in [4.69, 9.17) is 32.9 Å². The van der Waals surface area contributed by atoms with E-state index in [9.17, 15) is 4.79 Å². The zero-order chi connectivity index (χ0) is 22.9. The van der Waals surface area contributed by atoms with Gasteiger partial charge in [-0.15, -0.1) is 11.3 Å². The molecule has 1 aromatic heterocycles. The summed E-state index contributed by atoms with van der Waals surface area (Å²) in [7, 11) is 0. The molecule has 164 valence electrons. The second-order valence-electron chi connectivity index (χ2n) is 7.33. The summed E-state index contributed by atoms with van der Waals surface area (Å²) in [5.74, 6) is 1.06. The maximum atomic E-state index is 13.5. The van der Waals surface area contributed by atoms with Gasteiger partial charge in [0.05, 0.1) is 22.2 Å². The monoisotopic (exact) mass is 492 g/mol. The molecule has 7 heteroatoms. The second kappa shape index (κ2) is 9.02. The fraction of sp³-hybridized carbons (Fsp3) is 0.0769. The summed E-state index contributed by atoms with van der Waals surface area (Å²) in [6.07, 6.45) is 1.77. The number of amides is 1. The van der Waals surface area contributed by atoms with Gasteiger partial charge in [-0.3, -0.25) is 9.69 Å². The lowest BCUT2D eigenvalue weighted by Crippen LogP contribution is -2.32. The maximum absolute atomic E-state index is 13.5. The number of ether oxygens (including phenoxy) is 1. The van der Waals surface area contributed by atoms with Crippen molar-refractivity contribution in [1.29, 1.82) is 0 Å². The molecule has 0 radical (unpaired) electrons. The van der Waals surface area contributed by atoms with Crippen LogP contribution in [0.3, 0.4) is 0 Å². The Morgan fingerprint density at radius 1 is 1.00 bits per heavy atom. The van der Waals surface area contributed by atoms with Gasteiger partial charge in [0.1, 0.15) is 11.4 Å². The lowest BCUT2D eigenvalue weighted by Gasteiger charge is -2.18. The molecule has 2 heterocycles. The van der Waals surface area contributed by atoms with Crippen LogP contribution < -0.4 is 9.64 Å². The minimum atomic E-state index is -0.227. The van der Waals surface area contributed by atoms with Crippen LogP contribution in [-0.4, -0.2) is 18.3 Å². The van der Waals surface area contributed by atoms with Crippen LogP contribution in [0.2, 0.25) is 10.0 Å². The van der Waals surface area contributed by atoms with Gasteiger partial charge < -0.3 is 4.74 Å². The van der Waals surface area contributed by atoms with E-state index in [0.29, 0.717) is 33.9 Å². The van der Waals surface area contributed by atoms with E-state index in [2.05, 4.69) is 0 Å². The van der Waals surface area contributed by atoms with Gasteiger partial charge in [0.25, 0.3) is 5.91 Å². The second-order valence-corrected chi connectivity index (χ2v) is 9.19. The van der Waals surface area contributed by atoms with Crippen molar-refractivity contribution in [2.75, 3.05) is 11.5 Å². The van der Waals surface area contributed by atoms with Crippen LogP contribution in [-0.2, 0) is 4.79 Å². The van der Waals surface area contributed by atoms with E-state index in [1.807, 2.05) is 55.5 Å². The number of halogens is 2. The number of nitrogens with zero attached hydrogens (tertiary/aromatic N) is 2. The Balaban J connectivity index is 1.62. The van der Waals surface area contributed by atoms with Gasteiger partial charge in [-0.2, -0.15) is 0 Å². The number of hydrogen-bond donors (Lipinski definition) is 0. The molecule has 1 aliphatic heterocycles. The highest BCUT2D eigenvalue weighted by Crippen LogP contribution is 2.39. The van der Waals surface area contributed by atoms with Crippen LogP contribution in [0.4, 0.5) is 5.69 Å². The number of hydrogen-bond acceptors (Lipinski definition) is 4. The van der Waals surface area contributed by atoms with Crippen LogP contribution in [0.5, 0.6) is 5.75 Å². The summed E-state index contributed by atoms with van der Waals surface area (Å²) < 4.78 is 6.54. The predicted octanol–water partition coefficient (Wildman–Crippen LogP) is 7.44. The molecular weight excluding hydrogens is 475 g/mol. The summed E-state index contributed by atoms with van der Waals surface area (Å²) in [6, 6.07) is 22.6. The van der Waals surface area contributed by atoms with Crippen molar-refractivity contribution in [2.45, 2.75) is 6.92 Å². The number of carbonyl (C=O) groups excluding carboxylic acids is 1. The van der Waals surface area contributed by atoms with Crippen LogP contribution in [0.25, 0.3) is 16.2 Å². The highest BCUT2D eigenvalue weighted by molar-refractivity contribution is 7.21. The van der Waals surface area contributed by atoms with Crippen molar-refractivity contribution in [2.24, 2.45) is 4.99 Å². The molecule has 5 rings (SSSR count). The fourth-order valence-electron chi connectivity index (χ4n) is 3.64. The summed E-state index contributed by atoms with van der Waals surface area (Å²) in [5, 5.41) is 2.12. The van der Waals surface area contributed by atoms with Gasteiger partial charge >= 0.3 is 0 Å². The standard InChI is InChI=1S/C26H18Cl2N2O2S/c1-2-32-19-13-7-16(8-14-19)15-21-26(31)30(18-11-9-17(27)10-12-18)25(29-21)24-23(28)20-5-3-4-6-22(20)33-24/h3-15H,2H2,1H3/b21-15+. The first-order valence-electron chi connectivity index (χ1n) is 10.4. The summed E-state index contributed by atoms with van der Waals surface area (Å²) >= 11 is 14.4. The molecule has 33 heavy (non-hydrogen) atoms. The molecule has 0 atom stereocenters. The molecule has 0 bridgehead atoms. The highest BCUT2D eigenvalue weighted by Gasteiger charge is 2.34. The van der Waals surface area contributed by atoms with Crippen molar-refractivity contribution < 1.29 is 9.53 Å². The van der Waals surface area contributed by atoms with Gasteiger partial charge in [0.15, 0.2) is 5.84 Å². The lowest BCUT2D eigenvalue weighted by molar-refractivity contribution is -0.113. The molecule has 0 saturated heterocycles. The molecule has 1 amide bonds. The minimum Gasteiger partial charge on any atom is -0.494 e. The molecule has 4 aromatic rings. The smallest absolute Gasteiger partial charge is 0.282 e. The summed E-state index contributed by atoms with van der Waals surface area (Å²) in [5.41, 5.74) is 1.86. The first-order chi connectivity index (χ1) is 16.0. The van der Waals surface area contributed by atoms with E-state index >= 15 is 0 Å². The maximum Gasteiger partial charge on any atom is 0.282 e. The zero-order valence-electron chi connectivity index (χ0n) is 17.6. The third-order valence-electron chi connectivity index (χ3n) is 5.18. The first-order valence-corrected chi connectivity index (χ1v) is 11.9. The first kappa shape index (κ1) is 21.7. The number of anilines is 1. The Bertz CT molecular complexity index is 1410. The van der Waals surface area contributed by atoms with Crippen molar-refractivity contribution in [3.8, 4) is 5.75 Å². The number of thiophene rings is 1. The molecular formula is C26H18Cl2N2O2S. The van der Waals surface area contributed by atoms with Crippen LogP contribution in [0.15, 0.2) is 83.5 Å². The average molecular weight is 493 g/mol.